The topological polar surface area (TPSA) is 102 Å². The number of amides is 2. The zero-order valence-electron chi connectivity index (χ0n) is 16.1. The van der Waals surface area contributed by atoms with E-state index in [-0.39, 0.29) is 22.0 Å². The third kappa shape index (κ3) is 4.40. The van der Waals surface area contributed by atoms with E-state index in [9.17, 15) is 23.1 Å². The Labute approximate surface area is 178 Å². The zero-order chi connectivity index (χ0) is 22.1. The van der Waals surface area contributed by atoms with E-state index in [2.05, 4.69) is 15.3 Å². The van der Waals surface area contributed by atoms with E-state index in [4.69, 9.17) is 5.11 Å². The second kappa shape index (κ2) is 8.65. The Morgan fingerprint density at radius 1 is 1.13 bits per heavy atom. The average Bonchev–Trinajstić information content (AvgIpc) is 3.14. The van der Waals surface area contributed by atoms with Crippen molar-refractivity contribution in [3.8, 4) is 0 Å². The molecule has 2 aromatic heterocycles. The standard InChI is InChI=1S/C19H18F3N5O3S/c20-11-6-14-16(7-12(11)21)31-18(24-14)25-19(30)27-3-1-26(2-4-27)17-13(22)5-10(8-23-17)15(29)9-28/h5-8,15,28-29H,1-4,9H2,(H,24,25,30)/t15-/m1/s1. The summed E-state index contributed by atoms with van der Waals surface area (Å²) < 4.78 is 41.5. The molecule has 1 saturated heterocycles. The van der Waals surface area contributed by atoms with Crippen LogP contribution in [0.3, 0.4) is 0 Å². The summed E-state index contributed by atoms with van der Waals surface area (Å²) in [6.07, 6.45) is 0.101. The number of anilines is 2. The Balaban J connectivity index is 1.38. The van der Waals surface area contributed by atoms with E-state index < -0.39 is 36.2 Å². The van der Waals surface area contributed by atoms with E-state index in [0.29, 0.717) is 30.9 Å². The molecule has 1 aliphatic rings. The molecule has 0 aliphatic carbocycles. The highest BCUT2D eigenvalue weighted by Gasteiger charge is 2.25. The summed E-state index contributed by atoms with van der Waals surface area (Å²) in [4.78, 5) is 23.8. The van der Waals surface area contributed by atoms with Gasteiger partial charge in [-0.2, -0.15) is 0 Å². The van der Waals surface area contributed by atoms with Crippen LogP contribution in [0.15, 0.2) is 24.4 Å². The van der Waals surface area contributed by atoms with Crippen LogP contribution in [0.25, 0.3) is 10.2 Å². The predicted molar refractivity (Wildman–Crippen MR) is 109 cm³/mol. The number of halogens is 3. The molecule has 4 rings (SSSR count). The van der Waals surface area contributed by atoms with Crippen molar-refractivity contribution in [2.75, 3.05) is 43.0 Å². The van der Waals surface area contributed by atoms with Gasteiger partial charge in [0, 0.05) is 44.0 Å². The maximum atomic E-state index is 14.4. The second-order valence-corrected chi connectivity index (χ2v) is 7.96. The Morgan fingerprint density at radius 2 is 1.84 bits per heavy atom. The van der Waals surface area contributed by atoms with Gasteiger partial charge >= 0.3 is 6.03 Å². The summed E-state index contributed by atoms with van der Waals surface area (Å²) in [5.41, 5.74) is 0.428. The van der Waals surface area contributed by atoms with E-state index in [1.807, 2.05) is 0 Å². The van der Waals surface area contributed by atoms with Gasteiger partial charge in [0.05, 0.1) is 16.8 Å². The largest absolute Gasteiger partial charge is 0.393 e. The normalized spacial score (nSPS) is 15.4. The molecule has 1 aromatic carbocycles. The average molecular weight is 453 g/mol. The molecule has 1 aliphatic heterocycles. The van der Waals surface area contributed by atoms with Gasteiger partial charge in [0.2, 0.25) is 0 Å². The Kier molecular flexibility index (Phi) is 5.94. The summed E-state index contributed by atoms with van der Waals surface area (Å²) in [6, 6.07) is 2.71. The maximum Gasteiger partial charge on any atom is 0.323 e. The van der Waals surface area contributed by atoms with Gasteiger partial charge < -0.3 is 20.0 Å². The monoisotopic (exact) mass is 453 g/mol. The number of rotatable bonds is 4. The number of carbonyl (C=O) groups excluding carboxylic acids is 1. The third-order valence-electron chi connectivity index (χ3n) is 4.91. The van der Waals surface area contributed by atoms with Crippen molar-refractivity contribution in [2.45, 2.75) is 6.10 Å². The van der Waals surface area contributed by atoms with Crippen molar-refractivity contribution in [3.05, 3.63) is 47.4 Å². The van der Waals surface area contributed by atoms with Gasteiger partial charge in [-0.3, -0.25) is 5.32 Å². The minimum atomic E-state index is -1.20. The van der Waals surface area contributed by atoms with Crippen LogP contribution in [0.4, 0.5) is 28.9 Å². The molecule has 0 saturated carbocycles. The Morgan fingerprint density at radius 3 is 2.52 bits per heavy atom. The van der Waals surface area contributed by atoms with E-state index in [1.165, 1.54) is 11.1 Å². The van der Waals surface area contributed by atoms with Crippen molar-refractivity contribution >= 4 is 38.5 Å². The SMILES string of the molecule is O=C(Nc1nc2cc(F)c(F)cc2s1)N1CCN(c2ncc([C@H](O)CO)cc2F)CC1. The maximum absolute atomic E-state index is 14.4. The van der Waals surface area contributed by atoms with Crippen molar-refractivity contribution in [2.24, 2.45) is 0 Å². The zero-order valence-corrected chi connectivity index (χ0v) is 16.9. The fourth-order valence-corrected chi connectivity index (χ4v) is 4.10. The molecule has 1 fully saturated rings. The quantitative estimate of drug-likeness (QED) is 0.561. The summed E-state index contributed by atoms with van der Waals surface area (Å²) in [5, 5.41) is 21.4. The highest BCUT2D eigenvalue weighted by Crippen LogP contribution is 2.28. The van der Waals surface area contributed by atoms with Gasteiger partial charge in [0.15, 0.2) is 28.4 Å². The number of pyridine rings is 1. The van der Waals surface area contributed by atoms with Crippen LogP contribution in [-0.4, -0.2) is 63.9 Å². The minimum absolute atomic E-state index is 0.101. The first-order valence-electron chi connectivity index (χ1n) is 9.36. The Bertz CT molecular complexity index is 1080. The molecule has 0 bridgehead atoms. The van der Waals surface area contributed by atoms with Crippen molar-refractivity contribution < 1.29 is 28.2 Å². The molecule has 3 heterocycles. The summed E-state index contributed by atoms with van der Waals surface area (Å²) in [7, 11) is 0. The number of aliphatic hydroxyl groups excluding tert-OH is 2. The summed E-state index contributed by atoms with van der Waals surface area (Å²) in [5.74, 6) is -2.52. The molecule has 0 radical (unpaired) electrons. The highest BCUT2D eigenvalue weighted by molar-refractivity contribution is 7.22. The van der Waals surface area contributed by atoms with Gasteiger partial charge in [0.1, 0.15) is 6.10 Å². The van der Waals surface area contributed by atoms with Crippen LogP contribution in [0.2, 0.25) is 0 Å². The van der Waals surface area contributed by atoms with Gasteiger partial charge in [0.25, 0.3) is 0 Å². The summed E-state index contributed by atoms with van der Waals surface area (Å²) in [6.45, 7) is 0.710. The molecule has 31 heavy (non-hydrogen) atoms. The van der Waals surface area contributed by atoms with Gasteiger partial charge in [-0.1, -0.05) is 11.3 Å². The number of piperazine rings is 1. The van der Waals surface area contributed by atoms with Gasteiger partial charge in [-0.25, -0.2) is 27.9 Å². The lowest BCUT2D eigenvalue weighted by Gasteiger charge is -2.35. The fraction of sp³-hybridized carbons (Fsp3) is 0.316. The molecule has 1 atom stereocenters. The van der Waals surface area contributed by atoms with Crippen LogP contribution < -0.4 is 10.2 Å². The number of aromatic nitrogens is 2. The van der Waals surface area contributed by atoms with Crippen LogP contribution in [-0.2, 0) is 0 Å². The number of thiazole rings is 1. The number of aliphatic hydroxyl groups is 2. The highest BCUT2D eigenvalue weighted by atomic mass is 32.1. The number of benzene rings is 1. The number of urea groups is 1. The first-order valence-corrected chi connectivity index (χ1v) is 10.2. The van der Waals surface area contributed by atoms with Crippen LogP contribution >= 0.6 is 11.3 Å². The lowest BCUT2D eigenvalue weighted by molar-refractivity contribution is 0.0951. The number of hydrogen-bond acceptors (Lipinski definition) is 7. The fourth-order valence-electron chi connectivity index (χ4n) is 3.23. The second-order valence-electron chi connectivity index (χ2n) is 6.93. The number of carbonyl (C=O) groups is 1. The lowest BCUT2D eigenvalue weighted by Crippen LogP contribution is -2.50. The number of hydrogen-bond donors (Lipinski definition) is 3. The molecule has 0 spiro atoms. The molecule has 12 heteroatoms. The molecule has 3 aromatic rings. The van der Waals surface area contributed by atoms with E-state index >= 15 is 0 Å². The number of nitrogens with zero attached hydrogens (tertiary/aromatic N) is 4. The Hall–Kier alpha value is -2.96. The van der Waals surface area contributed by atoms with E-state index in [0.717, 1.165) is 29.5 Å². The van der Waals surface area contributed by atoms with Crippen LogP contribution in [0.1, 0.15) is 11.7 Å². The molecule has 164 valence electrons. The minimum Gasteiger partial charge on any atom is -0.393 e. The number of fused-ring (bicyclic) bond motifs is 1. The molecular weight excluding hydrogens is 435 g/mol. The molecule has 8 nitrogen and oxygen atoms in total. The first-order chi connectivity index (χ1) is 14.9. The number of nitrogens with one attached hydrogen (secondary N) is 1. The lowest BCUT2D eigenvalue weighted by atomic mass is 10.1. The predicted octanol–water partition coefficient (Wildman–Crippen LogP) is 2.49. The van der Waals surface area contributed by atoms with Crippen molar-refractivity contribution in [3.63, 3.8) is 0 Å². The smallest absolute Gasteiger partial charge is 0.323 e. The van der Waals surface area contributed by atoms with Crippen LogP contribution in [0, 0.1) is 17.5 Å². The molecule has 2 amide bonds. The third-order valence-corrected chi connectivity index (χ3v) is 5.85. The van der Waals surface area contributed by atoms with E-state index in [1.54, 1.807) is 4.90 Å². The molecule has 0 unspecified atom stereocenters. The summed E-state index contributed by atoms with van der Waals surface area (Å²) >= 11 is 1.03. The van der Waals surface area contributed by atoms with Gasteiger partial charge in [-0.05, 0) is 12.1 Å². The van der Waals surface area contributed by atoms with Crippen molar-refractivity contribution in [1.29, 1.82) is 0 Å². The molecule has 3 N–H and O–H groups in total. The van der Waals surface area contributed by atoms with Gasteiger partial charge in [-0.15, -0.1) is 0 Å². The van der Waals surface area contributed by atoms with Crippen LogP contribution in [0.5, 0.6) is 0 Å². The first kappa shape index (κ1) is 21.3. The molecular formula is C19H18F3N5O3S. The van der Waals surface area contributed by atoms with Crippen molar-refractivity contribution in [1.82, 2.24) is 14.9 Å².